The number of thioether (sulfide) groups is 3. The van der Waals surface area contributed by atoms with Crippen molar-refractivity contribution in [1.82, 2.24) is 0 Å². The zero-order chi connectivity index (χ0) is 109. The van der Waals surface area contributed by atoms with E-state index in [1.807, 2.05) is 205 Å². The van der Waals surface area contributed by atoms with E-state index in [4.69, 9.17) is 5.14 Å². The maximum absolute atomic E-state index is 12.8. The van der Waals surface area contributed by atoms with Crippen LogP contribution in [0.5, 0.6) is 0 Å². The molecule has 1 atom stereocenters. The number of rotatable bonds is 26. The van der Waals surface area contributed by atoms with Gasteiger partial charge in [0.1, 0.15) is 0 Å². The predicted molar refractivity (Wildman–Crippen MR) is 547 cm³/mol. The smallest absolute Gasteiger partial charge is 0.282 e. The second-order valence-electron chi connectivity index (χ2n) is 39.1. The molecule has 8 rings (SSSR count). The fraction of sp³-hybridized carbons (Fsp3) is 0.543. The molecule has 11 nitrogen and oxygen atoms in total. The Balaban J connectivity index is 0.000000796. The molecule has 0 fully saturated rings. The van der Waals surface area contributed by atoms with Gasteiger partial charge in [0.2, 0.25) is 15.3 Å². The van der Waals surface area contributed by atoms with E-state index in [9.17, 15) is 108 Å². The van der Waals surface area contributed by atoms with Gasteiger partial charge in [-0.1, -0.05) is 319 Å². The van der Waals surface area contributed by atoms with Crippen LogP contribution in [-0.4, -0.2) is 95.5 Å². The molecular formula is C105H148F15NO10S8. The molecule has 0 saturated heterocycles. The van der Waals surface area contributed by atoms with E-state index in [2.05, 4.69) is 59.7 Å². The molecule has 3 N–H and O–H groups in total. The Kier molecular flexibility index (Phi) is 51.9. The molecule has 0 saturated carbocycles. The van der Waals surface area contributed by atoms with Gasteiger partial charge in [-0.2, -0.15) is 74.3 Å². The van der Waals surface area contributed by atoms with Gasteiger partial charge in [0.25, 0.3) is 20.0 Å². The van der Waals surface area contributed by atoms with Gasteiger partial charge in [-0.25, -0.2) is 30.4 Å². The number of sulfonamides is 1. The quantitative estimate of drug-likeness (QED) is 0.0295. The third-order valence-electron chi connectivity index (χ3n) is 22.0. The molecule has 8 aromatic rings. The van der Waals surface area contributed by atoms with Crippen LogP contribution in [0.1, 0.15) is 405 Å². The topological polar surface area (TPSA) is 200 Å². The largest absolute Gasteiger partial charge is 0.501 e. The minimum absolute atomic E-state index is 0.0127. The van der Waals surface area contributed by atoms with E-state index < -0.39 is 96.1 Å². The Bertz CT molecular complexity index is 5500. The summed E-state index contributed by atoms with van der Waals surface area (Å²) in [5.74, 6) is 1.86. The molecule has 1 unspecified atom stereocenters. The summed E-state index contributed by atoms with van der Waals surface area (Å²) < 4.78 is 302. The van der Waals surface area contributed by atoms with E-state index in [-0.39, 0.29) is 109 Å². The monoisotopic (exact) mass is 2120 g/mol. The van der Waals surface area contributed by atoms with Crippen molar-refractivity contribution >= 4 is 85.9 Å². The molecule has 786 valence electrons. The molecule has 8 aromatic carbocycles. The molecule has 0 amide bonds. The van der Waals surface area contributed by atoms with Crippen molar-refractivity contribution in [2.24, 2.45) is 5.14 Å². The SMILES string of the molecule is CC(C)c1ccc(C(C)C)c(S(=O)(=O)C(F)(F)F)c1.CC(C)c1ccc(C(C)C)c(S(=O)(=O)O)c1.CC(C)c1ccc(C(C)C)c(S(C)(=O)=O)c1.CC(C)c1ccc(C(C)C)c(S(C)=O)c1.CC(C)c1ccc(C(C)C)c(S(N)(=O)=O)c1.CC(C)c1ccc(C(C)C)c(SC(C(F)(F)F)C(F)(F)F)c1.CC(C)c1ccc(C(C)C)c(SC(F)(F)F)c1.CC(C)c1ccc(C(C)C)c(SCC(F)(F)F)c1. The number of hydrogen-bond donors (Lipinski definition) is 2. The lowest BCUT2D eigenvalue weighted by molar-refractivity contribution is -0.224. The fourth-order valence-electron chi connectivity index (χ4n) is 13.5. The first kappa shape index (κ1) is 131. The van der Waals surface area contributed by atoms with Crippen molar-refractivity contribution in [3.63, 3.8) is 0 Å². The first-order valence-corrected chi connectivity index (χ1v) is 56.7. The first-order chi connectivity index (χ1) is 62.8. The van der Waals surface area contributed by atoms with Crippen LogP contribution in [0.4, 0.5) is 65.9 Å². The molecule has 0 aliphatic carbocycles. The van der Waals surface area contributed by atoms with Gasteiger partial charge in [-0.3, -0.25) is 8.76 Å². The minimum atomic E-state index is -5.34. The van der Waals surface area contributed by atoms with Crippen LogP contribution in [-0.2, 0) is 50.6 Å². The number of benzene rings is 8. The molecule has 34 heteroatoms. The first-order valence-electron chi connectivity index (χ1n) is 46.1. The van der Waals surface area contributed by atoms with Crippen molar-refractivity contribution < 1.29 is 108 Å². The van der Waals surface area contributed by atoms with Gasteiger partial charge in [0.15, 0.2) is 9.84 Å². The van der Waals surface area contributed by atoms with E-state index in [0.717, 1.165) is 83.3 Å². The van der Waals surface area contributed by atoms with E-state index in [1.54, 1.807) is 90.3 Å². The Morgan fingerprint density at radius 1 is 0.309 bits per heavy atom. The van der Waals surface area contributed by atoms with Crippen molar-refractivity contribution in [1.29, 1.82) is 0 Å². The summed E-state index contributed by atoms with van der Waals surface area (Å²) in [4.78, 5) is 2.28. The summed E-state index contributed by atoms with van der Waals surface area (Å²) in [6.07, 6.45) is -11.8. The Morgan fingerprint density at radius 3 is 0.813 bits per heavy atom. The lowest BCUT2D eigenvalue weighted by Gasteiger charge is -2.24. The molecular weight excluding hydrogens is 1980 g/mol. The summed E-state index contributed by atoms with van der Waals surface area (Å²) in [5.41, 5.74) is 4.09. The van der Waals surface area contributed by atoms with Gasteiger partial charge in [0.05, 0.1) is 36.1 Å². The zero-order valence-electron chi connectivity index (χ0n) is 86.5. The third kappa shape index (κ3) is 43.4. The fourth-order valence-corrected chi connectivity index (χ4v) is 21.6. The van der Waals surface area contributed by atoms with Crippen LogP contribution in [0.25, 0.3) is 0 Å². The molecule has 139 heavy (non-hydrogen) atoms. The molecule has 0 aliphatic rings. The number of sulfone groups is 2. The van der Waals surface area contributed by atoms with Crippen molar-refractivity contribution in [2.75, 3.05) is 18.3 Å². The maximum atomic E-state index is 12.8. The third-order valence-corrected chi connectivity index (χ3v) is 30.8. The van der Waals surface area contributed by atoms with Crippen molar-refractivity contribution in [3.05, 3.63) is 235 Å². The number of hydrogen-bond acceptors (Lipinski definition) is 12. The zero-order valence-corrected chi connectivity index (χ0v) is 93.0. The molecule has 0 bridgehead atoms. The Morgan fingerprint density at radius 2 is 0.547 bits per heavy atom. The molecule has 0 aromatic heterocycles. The predicted octanol–water partition coefficient (Wildman–Crippen LogP) is 34.6. The van der Waals surface area contributed by atoms with Crippen LogP contribution >= 0.6 is 35.3 Å². The normalized spacial score (nSPS) is 12.9. The van der Waals surface area contributed by atoms with Gasteiger partial charge in [-0.15, -0.1) is 23.5 Å². The van der Waals surface area contributed by atoms with E-state index in [1.165, 1.54) is 29.5 Å². The van der Waals surface area contributed by atoms with Gasteiger partial charge in [-0.05, 0) is 244 Å². The summed E-state index contributed by atoms with van der Waals surface area (Å²) >= 11 is 0.715. The van der Waals surface area contributed by atoms with Crippen LogP contribution in [0.15, 0.2) is 185 Å². The lowest BCUT2D eigenvalue weighted by atomic mass is 9.97. The molecule has 0 spiro atoms. The molecule has 0 radical (unpaired) electrons. The summed E-state index contributed by atoms with van der Waals surface area (Å²) in [6, 6.07) is 43.3. The maximum Gasteiger partial charge on any atom is 0.501 e. The van der Waals surface area contributed by atoms with Crippen LogP contribution < -0.4 is 5.14 Å². The van der Waals surface area contributed by atoms with Crippen LogP contribution in [0.3, 0.4) is 0 Å². The highest BCUT2D eigenvalue weighted by atomic mass is 32.2. The second kappa shape index (κ2) is 55.2. The summed E-state index contributed by atoms with van der Waals surface area (Å²) in [6.45, 7) is 62.4. The molecule has 0 aliphatic heterocycles. The van der Waals surface area contributed by atoms with Crippen LogP contribution in [0.2, 0.25) is 0 Å². The van der Waals surface area contributed by atoms with Gasteiger partial charge >= 0.3 is 29.5 Å². The highest BCUT2D eigenvalue weighted by molar-refractivity contribution is 8.00. The highest BCUT2D eigenvalue weighted by Gasteiger charge is 2.57. The van der Waals surface area contributed by atoms with Crippen LogP contribution in [0, 0.1) is 0 Å². The lowest BCUT2D eigenvalue weighted by Crippen LogP contribution is -2.39. The average molecular weight is 2130 g/mol. The van der Waals surface area contributed by atoms with E-state index in [0.29, 0.717) is 56.1 Å². The Labute approximate surface area is 836 Å². The highest BCUT2D eigenvalue weighted by Crippen LogP contribution is 2.48. The summed E-state index contributed by atoms with van der Waals surface area (Å²) in [7, 11) is -17.1. The number of halogens is 15. The van der Waals surface area contributed by atoms with Gasteiger partial charge in [0, 0.05) is 32.1 Å². The van der Waals surface area contributed by atoms with Crippen molar-refractivity contribution in [2.45, 2.75) is 390 Å². The summed E-state index contributed by atoms with van der Waals surface area (Å²) in [5, 5.41) is 1.82. The number of nitrogens with two attached hydrogens (primary N) is 1. The number of alkyl halides is 15. The Hall–Kier alpha value is -6.37. The average Bonchev–Trinajstić information content (AvgIpc) is 0.747. The number of primary sulfonamides is 1. The van der Waals surface area contributed by atoms with Crippen molar-refractivity contribution in [3.8, 4) is 0 Å². The van der Waals surface area contributed by atoms with Gasteiger partial charge < -0.3 is 0 Å². The second-order valence-corrected chi connectivity index (χ2v) is 50.5. The minimum Gasteiger partial charge on any atom is -0.282 e. The standard InChI is InChI=1S/C15H18F6S.C14H19F3S.C13H17F3O2S.C13H17F3S.C13H20O2S.C13H20OS.C12H19NO2S.C12H18O3S/c1-8(2)10-5-6-11(9(3)4)12(7-10)22-13(14(16,17)18)15(19,20)21;1-9(2)11-5-6-12(10(3)4)13(7-11)18-8-14(15,16)17;1-8(2)10-5-6-11(9(3)4)12(7-10)19(17,18)13(14,15)16;1-8(2)10-5-6-11(9(3)4)12(7-10)17-13(14,15)16;1-9(2)11-6-7-12(10(3)4)13(8-11)16(5,14)15;1-9(2)11-6-7-12(10(3)4)13(8-11)15(5)14;2*1-8(2)10-5-6-11(9(3)4)12(7-10)16(13,14)15/h5-9,13H,1-4H3;5-7,9-10H,8H2,1-4H3;5-9H,1-4H3;5-9H,1-4H3;6-10H,1-5H3;6-10H,1-5H3;5-9H,1-4H3,(H2,13,14,15);5-9H,1-4H3,(H,13,14,15). The molecule has 0 heterocycles. The van der Waals surface area contributed by atoms with E-state index >= 15 is 0 Å².